The van der Waals surface area contributed by atoms with Crippen LogP contribution in [-0.4, -0.2) is 11.8 Å². The van der Waals surface area contributed by atoms with Gasteiger partial charge in [-0.25, -0.2) is 0 Å². The van der Waals surface area contributed by atoms with Crippen molar-refractivity contribution in [1.82, 2.24) is 5.43 Å². The van der Waals surface area contributed by atoms with Crippen LogP contribution in [0.4, 0.5) is 0 Å². The lowest BCUT2D eigenvalue weighted by Crippen LogP contribution is -2.35. The van der Waals surface area contributed by atoms with E-state index in [2.05, 4.69) is 40.1 Å². The summed E-state index contributed by atoms with van der Waals surface area (Å²) in [6.07, 6.45) is 1.81. The molecule has 1 rings (SSSR count). The summed E-state index contributed by atoms with van der Waals surface area (Å²) >= 11 is 5.15. The lowest BCUT2D eigenvalue weighted by atomic mass is 10.4. The average molecular weight is 273 g/mol. The highest BCUT2D eigenvalue weighted by Crippen LogP contribution is 2.21. The van der Waals surface area contributed by atoms with Crippen molar-refractivity contribution < 1.29 is 0 Å². The molecule has 1 unspecified atom stereocenters. The predicted octanol–water partition coefficient (Wildman–Crippen LogP) is 2.56. The first kappa shape index (κ1) is 11.8. The molecule has 76 valence electrons. The summed E-state index contributed by atoms with van der Waals surface area (Å²) in [5.74, 6) is 6.22. The monoisotopic (exact) mass is 272 g/mol. The number of hydrogen-bond donors (Lipinski definition) is 2. The fourth-order valence-electron chi connectivity index (χ4n) is 0.901. The van der Waals surface area contributed by atoms with Gasteiger partial charge in [0.1, 0.15) is 0 Å². The molecule has 0 aromatic heterocycles. The second-order valence-electron chi connectivity index (χ2n) is 2.77. The van der Waals surface area contributed by atoms with E-state index in [0.717, 1.165) is 10.2 Å². The summed E-state index contributed by atoms with van der Waals surface area (Å²) < 4.78 is 1.10. The number of hydrogen-bond acceptors (Lipinski definition) is 3. The zero-order chi connectivity index (χ0) is 10.4. The van der Waals surface area contributed by atoms with E-state index >= 15 is 0 Å². The largest absolute Gasteiger partial charge is 0.271 e. The van der Waals surface area contributed by atoms with Gasteiger partial charge in [0.15, 0.2) is 0 Å². The molecule has 0 saturated carbocycles. The van der Waals surface area contributed by atoms with Crippen molar-refractivity contribution in [3.8, 4) is 0 Å². The molecule has 1 atom stereocenters. The molecule has 0 radical (unpaired) electrons. The molecule has 0 heterocycles. The Kier molecular flexibility index (Phi) is 5.25. The Labute approximate surface area is 97.1 Å². The number of thioether (sulfide) groups is 1. The third-order valence-electron chi connectivity index (χ3n) is 1.74. The van der Waals surface area contributed by atoms with E-state index in [9.17, 15) is 0 Å². The summed E-state index contributed by atoms with van der Waals surface area (Å²) in [7, 11) is 0. The Bertz CT molecular complexity index is 287. The van der Waals surface area contributed by atoms with Crippen molar-refractivity contribution in [2.24, 2.45) is 5.84 Å². The summed E-state index contributed by atoms with van der Waals surface area (Å²) in [6, 6.07) is 8.36. The molecule has 0 aliphatic carbocycles. The molecule has 2 nitrogen and oxygen atoms in total. The molecule has 3 N–H and O–H groups in total. The highest BCUT2D eigenvalue weighted by molar-refractivity contribution is 9.10. The average Bonchev–Trinajstić information content (AvgIpc) is 2.22. The molecule has 0 fully saturated rings. The summed E-state index contributed by atoms with van der Waals surface area (Å²) in [5.41, 5.74) is 2.69. The Balaban J connectivity index is 2.45. The fraction of sp³-hybridized carbons (Fsp3) is 0.200. The van der Waals surface area contributed by atoms with Crippen molar-refractivity contribution in [2.75, 3.05) is 5.75 Å². The van der Waals surface area contributed by atoms with Crippen LogP contribution in [0, 0.1) is 0 Å². The second kappa shape index (κ2) is 6.24. The van der Waals surface area contributed by atoms with Crippen LogP contribution >= 0.6 is 27.7 Å². The van der Waals surface area contributed by atoms with Gasteiger partial charge in [-0.15, -0.1) is 18.3 Å². The summed E-state index contributed by atoms with van der Waals surface area (Å²) in [6.45, 7) is 3.69. The maximum absolute atomic E-state index is 5.33. The van der Waals surface area contributed by atoms with Crippen LogP contribution in [0.2, 0.25) is 0 Å². The van der Waals surface area contributed by atoms with E-state index in [4.69, 9.17) is 5.84 Å². The van der Waals surface area contributed by atoms with E-state index in [0.29, 0.717) is 0 Å². The molecule has 0 aliphatic heterocycles. The molecule has 0 bridgehead atoms. The first-order valence-corrected chi connectivity index (χ1v) is 6.01. The zero-order valence-corrected chi connectivity index (χ0v) is 10.1. The first-order valence-electron chi connectivity index (χ1n) is 4.23. The molecule has 0 saturated heterocycles. The second-order valence-corrected chi connectivity index (χ2v) is 4.78. The van der Waals surface area contributed by atoms with Gasteiger partial charge >= 0.3 is 0 Å². The number of nitrogens with one attached hydrogen (secondary N) is 1. The zero-order valence-electron chi connectivity index (χ0n) is 7.74. The van der Waals surface area contributed by atoms with Gasteiger partial charge in [-0.2, -0.15) is 0 Å². The quantitative estimate of drug-likeness (QED) is 0.375. The summed E-state index contributed by atoms with van der Waals surface area (Å²) in [4.78, 5) is 1.23. The standard InChI is InChI=1S/C10H13BrN2S/c1-2-9(13-12)7-14-10-5-3-8(11)4-6-10/h2-6,9,13H,1,7,12H2. The maximum Gasteiger partial charge on any atom is 0.0481 e. The van der Waals surface area contributed by atoms with E-state index in [1.807, 2.05) is 18.2 Å². The number of nitrogens with two attached hydrogens (primary N) is 1. The number of rotatable bonds is 5. The molecule has 14 heavy (non-hydrogen) atoms. The Hall–Kier alpha value is -0.290. The minimum atomic E-state index is 0.156. The van der Waals surface area contributed by atoms with Gasteiger partial charge in [0.2, 0.25) is 0 Å². The van der Waals surface area contributed by atoms with Gasteiger partial charge in [-0.05, 0) is 24.3 Å². The van der Waals surface area contributed by atoms with Gasteiger partial charge < -0.3 is 0 Å². The molecular weight excluding hydrogens is 260 g/mol. The molecular formula is C10H13BrN2S. The molecule has 1 aromatic rings. The third kappa shape index (κ3) is 3.84. The predicted molar refractivity (Wildman–Crippen MR) is 66.2 cm³/mol. The topological polar surface area (TPSA) is 38.0 Å². The first-order chi connectivity index (χ1) is 6.76. The van der Waals surface area contributed by atoms with Gasteiger partial charge in [-0.3, -0.25) is 11.3 Å². The Morgan fingerprint density at radius 2 is 2.14 bits per heavy atom. The number of benzene rings is 1. The van der Waals surface area contributed by atoms with Gasteiger partial charge in [0, 0.05) is 21.2 Å². The number of halogens is 1. The van der Waals surface area contributed by atoms with Crippen LogP contribution < -0.4 is 11.3 Å². The Morgan fingerprint density at radius 3 is 2.64 bits per heavy atom. The Morgan fingerprint density at radius 1 is 1.50 bits per heavy atom. The summed E-state index contributed by atoms with van der Waals surface area (Å²) in [5, 5.41) is 0. The highest BCUT2D eigenvalue weighted by atomic mass is 79.9. The molecule has 4 heteroatoms. The van der Waals surface area contributed by atoms with E-state index < -0.39 is 0 Å². The SMILES string of the molecule is C=CC(CSc1ccc(Br)cc1)NN. The van der Waals surface area contributed by atoms with Crippen molar-refractivity contribution in [3.63, 3.8) is 0 Å². The smallest absolute Gasteiger partial charge is 0.0481 e. The van der Waals surface area contributed by atoms with Gasteiger partial charge in [-0.1, -0.05) is 22.0 Å². The van der Waals surface area contributed by atoms with Crippen molar-refractivity contribution in [2.45, 2.75) is 10.9 Å². The van der Waals surface area contributed by atoms with Crippen LogP contribution in [0.15, 0.2) is 46.3 Å². The van der Waals surface area contributed by atoms with Crippen molar-refractivity contribution >= 4 is 27.7 Å². The normalized spacial score (nSPS) is 12.4. The molecule has 0 spiro atoms. The van der Waals surface area contributed by atoms with Crippen LogP contribution in [0.25, 0.3) is 0 Å². The molecule has 0 amide bonds. The van der Waals surface area contributed by atoms with E-state index in [-0.39, 0.29) is 6.04 Å². The molecule has 0 aliphatic rings. The van der Waals surface area contributed by atoms with Gasteiger partial charge in [0.25, 0.3) is 0 Å². The lowest BCUT2D eigenvalue weighted by Gasteiger charge is -2.09. The van der Waals surface area contributed by atoms with Crippen molar-refractivity contribution in [1.29, 1.82) is 0 Å². The maximum atomic E-state index is 5.33. The van der Waals surface area contributed by atoms with Crippen LogP contribution in [-0.2, 0) is 0 Å². The third-order valence-corrected chi connectivity index (χ3v) is 3.40. The number of hydrazine groups is 1. The van der Waals surface area contributed by atoms with E-state index in [1.165, 1.54) is 4.90 Å². The van der Waals surface area contributed by atoms with Crippen molar-refractivity contribution in [3.05, 3.63) is 41.4 Å². The minimum absolute atomic E-state index is 0.156. The minimum Gasteiger partial charge on any atom is -0.271 e. The van der Waals surface area contributed by atoms with Crippen LogP contribution in [0.1, 0.15) is 0 Å². The van der Waals surface area contributed by atoms with E-state index in [1.54, 1.807) is 11.8 Å². The highest BCUT2D eigenvalue weighted by Gasteiger charge is 2.01. The van der Waals surface area contributed by atoms with Crippen LogP contribution in [0.5, 0.6) is 0 Å². The van der Waals surface area contributed by atoms with Gasteiger partial charge in [0.05, 0.1) is 0 Å². The lowest BCUT2D eigenvalue weighted by molar-refractivity contribution is 0.678. The molecule has 1 aromatic carbocycles. The fourth-order valence-corrected chi connectivity index (χ4v) is 2.10. The van der Waals surface area contributed by atoms with Crippen LogP contribution in [0.3, 0.4) is 0 Å².